The van der Waals surface area contributed by atoms with E-state index in [1.54, 1.807) is 19.2 Å². The van der Waals surface area contributed by atoms with Gasteiger partial charge in [0.05, 0.1) is 18.1 Å². The predicted molar refractivity (Wildman–Crippen MR) is 132 cm³/mol. The number of hydrogen-bond acceptors (Lipinski definition) is 6. The Balaban J connectivity index is 1.46. The molecule has 1 aliphatic rings. The SMILES string of the molecule is CC(C)N(C)S(=O)(=O)c1ccc(NC(=O)NCc2cccc(OCCN3CCOCC3)c2)cc1. The first-order valence-electron chi connectivity index (χ1n) is 11.4. The number of hydrogen-bond donors (Lipinski definition) is 2. The van der Waals surface area contributed by atoms with Crippen LogP contribution in [0.4, 0.5) is 10.5 Å². The number of nitrogens with zero attached hydrogens (tertiary/aromatic N) is 2. The van der Waals surface area contributed by atoms with Gasteiger partial charge < -0.3 is 20.1 Å². The molecule has 186 valence electrons. The van der Waals surface area contributed by atoms with Crippen LogP contribution in [0.25, 0.3) is 0 Å². The monoisotopic (exact) mass is 490 g/mol. The van der Waals surface area contributed by atoms with Crippen LogP contribution in [0.15, 0.2) is 53.4 Å². The van der Waals surface area contributed by atoms with Crippen LogP contribution in [-0.2, 0) is 21.3 Å². The maximum Gasteiger partial charge on any atom is 0.319 e. The summed E-state index contributed by atoms with van der Waals surface area (Å²) in [5, 5.41) is 5.53. The first-order valence-corrected chi connectivity index (χ1v) is 12.8. The second-order valence-electron chi connectivity index (χ2n) is 8.40. The van der Waals surface area contributed by atoms with Gasteiger partial charge in [-0.25, -0.2) is 13.2 Å². The van der Waals surface area contributed by atoms with Crippen LogP contribution >= 0.6 is 0 Å². The fraction of sp³-hybridized carbons (Fsp3) is 0.458. The Hall–Kier alpha value is -2.66. The van der Waals surface area contributed by atoms with Crippen LogP contribution in [0, 0.1) is 0 Å². The van der Waals surface area contributed by atoms with E-state index < -0.39 is 10.0 Å². The molecule has 2 amide bonds. The molecule has 0 saturated carbocycles. The molecule has 1 fully saturated rings. The number of benzene rings is 2. The minimum absolute atomic E-state index is 0.151. The van der Waals surface area contributed by atoms with Gasteiger partial charge in [0.25, 0.3) is 0 Å². The van der Waals surface area contributed by atoms with Crippen molar-refractivity contribution in [2.24, 2.45) is 0 Å². The summed E-state index contributed by atoms with van der Waals surface area (Å²) in [6.45, 7) is 8.78. The lowest BCUT2D eigenvalue weighted by molar-refractivity contribution is 0.0322. The van der Waals surface area contributed by atoms with Crippen LogP contribution < -0.4 is 15.4 Å². The summed E-state index contributed by atoms with van der Waals surface area (Å²) in [6.07, 6.45) is 0. The average Bonchev–Trinajstić information content (AvgIpc) is 2.83. The molecule has 34 heavy (non-hydrogen) atoms. The molecule has 3 rings (SSSR count). The Kier molecular flexibility index (Phi) is 9.28. The zero-order valence-corrected chi connectivity index (χ0v) is 20.8. The summed E-state index contributed by atoms with van der Waals surface area (Å²) in [5.41, 5.74) is 1.42. The van der Waals surface area contributed by atoms with Crippen molar-refractivity contribution < 1.29 is 22.7 Å². The van der Waals surface area contributed by atoms with Crippen molar-refractivity contribution >= 4 is 21.7 Å². The Labute approximate surface area is 202 Å². The molecule has 1 aliphatic heterocycles. The molecule has 1 heterocycles. The molecule has 0 unspecified atom stereocenters. The number of nitrogens with one attached hydrogen (secondary N) is 2. The minimum atomic E-state index is -3.56. The van der Waals surface area contributed by atoms with E-state index in [1.807, 2.05) is 38.1 Å². The van der Waals surface area contributed by atoms with Crippen LogP contribution in [0.3, 0.4) is 0 Å². The molecule has 0 bridgehead atoms. The summed E-state index contributed by atoms with van der Waals surface area (Å²) >= 11 is 0. The third kappa shape index (κ3) is 7.42. The third-order valence-electron chi connectivity index (χ3n) is 5.65. The smallest absolute Gasteiger partial charge is 0.319 e. The second kappa shape index (κ2) is 12.2. The third-order valence-corrected chi connectivity index (χ3v) is 7.70. The lowest BCUT2D eigenvalue weighted by Crippen LogP contribution is -2.38. The van der Waals surface area contributed by atoms with E-state index in [-0.39, 0.29) is 17.0 Å². The second-order valence-corrected chi connectivity index (χ2v) is 10.4. The van der Waals surface area contributed by atoms with Crippen molar-refractivity contribution in [3.63, 3.8) is 0 Å². The van der Waals surface area contributed by atoms with Gasteiger partial charge in [0, 0.05) is 45.0 Å². The van der Waals surface area contributed by atoms with Crippen molar-refractivity contribution in [2.75, 3.05) is 51.8 Å². The maximum absolute atomic E-state index is 12.5. The van der Waals surface area contributed by atoms with Gasteiger partial charge >= 0.3 is 6.03 Å². The molecular weight excluding hydrogens is 456 g/mol. The number of urea groups is 1. The Bertz CT molecular complexity index is 1040. The molecule has 1 saturated heterocycles. The van der Waals surface area contributed by atoms with Crippen molar-refractivity contribution in [2.45, 2.75) is 31.3 Å². The molecule has 0 aromatic heterocycles. The number of sulfonamides is 1. The fourth-order valence-corrected chi connectivity index (χ4v) is 4.74. The van der Waals surface area contributed by atoms with Crippen molar-refractivity contribution in [3.05, 3.63) is 54.1 Å². The maximum atomic E-state index is 12.5. The lowest BCUT2D eigenvalue weighted by atomic mass is 10.2. The van der Waals surface area contributed by atoms with Crippen LogP contribution in [0.2, 0.25) is 0 Å². The Morgan fingerprint density at radius 2 is 1.85 bits per heavy atom. The summed E-state index contributed by atoms with van der Waals surface area (Å²) in [4.78, 5) is 14.8. The van der Waals surface area contributed by atoms with Gasteiger partial charge in [0.2, 0.25) is 10.0 Å². The number of ether oxygens (including phenoxy) is 2. The fourth-order valence-electron chi connectivity index (χ4n) is 3.37. The van der Waals surface area contributed by atoms with E-state index in [1.165, 1.54) is 16.4 Å². The highest BCUT2D eigenvalue weighted by Gasteiger charge is 2.22. The van der Waals surface area contributed by atoms with Crippen LogP contribution in [0.1, 0.15) is 19.4 Å². The highest BCUT2D eigenvalue weighted by Crippen LogP contribution is 2.19. The number of amides is 2. The molecule has 0 radical (unpaired) electrons. The first kappa shape index (κ1) is 26.0. The summed E-state index contributed by atoms with van der Waals surface area (Å²) < 4.78 is 37.6. The summed E-state index contributed by atoms with van der Waals surface area (Å²) in [6, 6.07) is 13.2. The largest absolute Gasteiger partial charge is 0.492 e. The van der Waals surface area contributed by atoms with E-state index in [0.717, 1.165) is 44.2 Å². The van der Waals surface area contributed by atoms with Gasteiger partial charge in [-0.1, -0.05) is 12.1 Å². The number of carbonyl (C=O) groups excluding carboxylic acids is 1. The van der Waals surface area contributed by atoms with Crippen molar-refractivity contribution in [3.8, 4) is 5.75 Å². The van der Waals surface area contributed by atoms with E-state index in [2.05, 4.69) is 15.5 Å². The molecular formula is C24H34N4O5S. The minimum Gasteiger partial charge on any atom is -0.492 e. The standard InChI is InChI=1S/C24H34N4O5S/c1-19(2)27(3)34(30,31)23-9-7-21(8-10-23)26-24(29)25-18-20-5-4-6-22(17-20)33-16-13-28-11-14-32-15-12-28/h4-10,17,19H,11-16,18H2,1-3H3,(H2,25,26,29). The van der Waals surface area contributed by atoms with Gasteiger partial charge in [-0.3, -0.25) is 4.90 Å². The van der Waals surface area contributed by atoms with Gasteiger partial charge in [-0.15, -0.1) is 0 Å². The first-order chi connectivity index (χ1) is 16.3. The summed E-state index contributed by atoms with van der Waals surface area (Å²) in [5.74, 6) is 0.760. The molecule has 9 nitrogen and oxygen atoms in total. The number of rotatable bonds is 10. The highest BCUT2D eigenvalue weighted by atomic mass is 32.2. The molecule has 2 aromatic carbocycles. The zero-order chi connectivity index (χ0) is 24.6. The van der Waals surface area contributed by atoms with Crippen molar-refractivity contribution in [1.82, 2.24) is 14.5 Å². The van der Waals surface area contributed by atoms with Gasteiger partial charge in [0.15, 0.2) is 0 Å². The molecule has 2 aromatic rings. The van der Waals surface area contributed by atoms with E-state index in [4.69, 9.17) is 9.47 Å². The average molecular weight is 491 g/mol. The van der Waals surface area contributed by atoms with Crippen LogP contribution in [0.5, 0.6) is 5.75 Å². The Morgan fingerprint density at radius 3 is 2.53 bits per heavy atom. The topological polar surface area (TPSA) is 100 Å². The lowest BCUT2D eigenvalue weighted by Gasteiger charge is -2.26. The molecule has 10 heteroatoms. The highest BCUT2D eigenvalue weighted by molar-refractivity contribution is 7.89. The normalized spacial score (nSPS) is 14.9. The number of morpholine rings is 1. The molecule has 2 N–H and O–H groups in total. The van der Waals surface area contributed by atoms with Gasteiger partial charge in [-0.2, -0.15) is 4.31 Å². The number of carbonyl (C=O) groups is 1. The van der Waals surface area contributed by atoms with Gasteiger partial charge in [0.1, 0.15) is 12.4 Å². The van der Waals surface area contributed by atoms with Gasteiger partial charge in [-0.05, 0) is 55.8 Å². The quantitative estimate of drug-likeness (QED) is 0.531. The molecule has 0 atom stereocenters. The zero-order valence-electron chi connectivity index (χ0n) is 20.0. The van der Waals surface area contributed by atoms with Crippen LogP contribution in [-0.4, -0.2) is 76.2 Å². The molecule has 0 spiro atoms. The van der Waals surface area contributed by atoms with E-state index in [0.29, 0.717) is 18.8 Å². The number of anilines is 1. The molecule has 0 aliphatic carbocycles. The Morgan fingerprint density at radius 1 is 1.15 bits per heavy atom. The van der Waals surface area contributed by atoms with E-state index in [9.17, 15) is 13.2 Å². The predicted octanol–water partition coefficient (Wildman–Crippen LogP) is 2.75. The van der Waals surface area contributed by atoms with E-state index >= 15 is 0 Å². The summed E-state index contributed by atoms with van der Waals surface area (Å²) in [7, 11) is -2.02. The van der Waals surface area contributed by atoms with Crippen molar-refractivity contribution in [1.29, 1.82) is 0 Å².